The number of carbonyl (C=O) groups excluding carboxylic acids is 1. The number of nitro benzene ring substituents is 1. The molecule has 0 saturated carbocycles. The van der Waals surface area contributed by atoms with E-state index in [-0.39, 0.29) is 16.4 Å². The van der Waals surface area contributed by atoms with E-state index in [4.69, 9.17) is 23.8 Å². The Morgan fingerprint density at radius 1 is 1.19 bits per heavy atom. The molecular weight excluding hydrogens is 458 g/mol. The molecule has 0 aliphatic carbocycles. The van der Waals surface area contributed by atoms with E-state index in [1.54, 1.807) is 30.3 Å². The van der Waals surface area contributed by atoms with Gasteiger partial charge in [-0.05, 0) is 61.8 Å². The van der Waals surface area contributed by atoms with Gasteiger partial charge in [-0.2, -0.15) is 0 Å². The van der Waals surface area contributed by atoms with Crippen LogP contribution in [0.1, 0.15) is 29.6 Å². The van der Waals surface area contributed by atoms with Gasteiger partial charge < -0.3 is 10.2 Å². The van der Waals surface area contributed by atoms with E-state index in [0.717, 1.165) is 42.6 Å². The lowest BCUT2D eigenvalue weighted by Gasteiger charge is -2.28. The third kappa shape index (κ3) is 4.92. The quantitative estimate of drug-likeness (QED) is 0.312. The van der Waals surface area contributed by atoms with Crippen molar-refractivity contribution in [3.8, 4) is 0 Å². The smallest absolute Gasteiger partial charge is 0.293 e. The maximum absolute atomic E-state index is 12.6. The number of fused-ring (bicyclic) bond motifs is 1. The van der Waals surface area contributed by atoms with Crippen LogP contribution in [0.25, 0.3) is 10.2 Å². The predicted octanol–water partition coefficient (Wildman–Crippen LogP) is 4.98. The number of hydrogen-bond donors (Lipinski definition) is 2. The molecule has 4 rings (SSSR count). The number of amides is 1. The Morgan fingerprint density at radius 2 is 1.97 bits per heavy atom. The third-order valence-corrected chi connectivity index (χ3v) is 6.30. The van der Waals surface area contributed by atoms with Crippen molar-refractivity contribution in [3.05, 3.63) is 57.1 Å². The van der Waals surface area contributed by atoms with Gasteiger partial charge in [-0.1, -0.05) is 22.9 Å². The average Bonchev–Trinajstić information content (AvgIpc) is 3.14. The molecule has 31 heavy (non-hydrogen) atoms. The van der Waals surface area contributed by atoms with Gasteiger partial charge in [0.25, 0.3) is 11.6 Å². The Labute approximate surface area is 192 Å². The molecule has 2 aromatic carbocycles. The number of thiocarbonyl (C=S) groups is 1. The molecule has 0 bridgehead atoms. The third-order valence-electron chi connectivity index (χ3n) is 4.93. The fraction of sp³-hybridized carbons (Fsp3) is 0.250. The van der Waals surface area contributed by atoms with E-state index < -0.39 is 10.8 Å². The summed E-state index contributed by atoms with van der Waals surface area (Å²) in [6.07, 6.45) is 3.12. The van der Waals surface area contributed by atoms with E-state index >= 15 is 0 Å². The number of nitro groups is 1. The van der Waals surface area contributed by atoms with Gasteiger partial charge in [-0.25, -0.2) is 4.98 Å². The lowest BCUT2D eigenvalue weighted by molar-refractivity contribution is -0.384. The normalized spacial score (nSPS) is 13.8. The molecule has 0 radical (unpaired) electrons. The fourth-order valence-electron chi connectivity index (χ4n) is 3.47. The molecule has 1 aromatic heterocycles. The molecule has 0 atom stereocenters. The van der Waals surface area contributed by atoms with Gasteiger partial charge in [0.15, 0.2) is 10.2 Å². The van der Waals surface area contributed by atoms with Crippen LogP contribution in [-0.2, 0) is 0 Å². The summed E-state index contributed by atoms with van der Waals surface area (Å²) < 4.78 is 0.882. The minimum atomic E-state index is -0.532. The Hall–Kier alpha value is -2.82. The second-order valence-corrected chi connectivity index (χ2v) is 8.92. The van der Waals surface area contributed by atoms with Gasteiger partial charge in [0, 0.05) is 29.7 Å². The summed E-state index contributed by atoms with van der Waals surface area (Å²) in [6.45, 7) is 1.54. The summed E-state index contributed by atoms with van der Waals surface area (Å²) in [5.41, 5.74) is 1.37. The van der Waals surface area contributed by atoms with Crippen molar-refractivity contribution in [2.45, 2.75) is 19.3 Å². The van der Waals surface area contributed by atoms with E-state index in [2.05, 4.69) is 15.6 Å². The molecule has 3 aromatic rings. The number of benzene rings is 2. The van der Waals surface area contributed by atoms with Crippen LogP contribution in [0.4, 0.5) is 16.5 Å². The Balaban J connectivity index is 1.47. The van der Waals surface area contributed by atoms with Gasteiger partial charge >= 0.3 is 0 Å². The van der Waals surface area contributed by atoms with Crippen LogP contribution in [-0.4, -0.2) is 34.0 Å². The van der Waals surface area contributed by atoms with Crippen molar-refractivity contribution in [1.29, 1.82) is 0 Å². The van der Waals surface area contributed by atoms with Gasteiger partial charge in [0.1, 0.15) is 5.69 Å². The number of nitrogens with zero attached hydrogens (tertiary/aromatic N) is 3. The molecule has 1 amide bonds. The highest BCUT2D eigenvalue weighted by Gasteiger charge is 2.23. The zero-order valence-corrected chi connectivity index (χ0v) is 18.6. The first-order chi connectivity index (χ1) is 14.9. The Bertz CT molecular complexity index is 1180. The van der Waals surface area contributed by atoms with Crippen LogP contribution in [0.15, 0.2) is 36.4 Å². The highest BCUT2D eigenvalue weighted by atomic mass is 35.5. The number of anilines is 2. The van der Waals surface area contributed by atoms with Gasteiger partial charge in [-0.3, -0.25) is 20.2 Å². The molecule has 0 spiro atoms. The lowest BCUT2D eigenvalue weighted by Crippen LogP contribution is -2.34. The molecule has 2 heterocycles. The number of thiazole rings is 1. The van der Waals surface area contributed by atoms with Crippen LogP contribution in [0.2, 0.25) is 5.02 Å². The fourth-order valence-corrected chi connectivity index (χ4v) is 4.87. The average molecular weight is 476 g/mol. The SMILES string of the molecule is O=C(NC(=S)Nc1nc2ccc(Cl)cc2s1)c1ccc(N2CCCCC2)c([N+](=O)[O-])c1. The highest BCUT2D eigenvalue weighted by Crippen LogP contribution is 2.31. The number of carbonyl (C=O) groups is 1. The number of piperidine rings is 1. The molecule has 1 fully saturated rings. The standard InChI is InChI=1S/C20H18ClN5O3S2/c21-13-5-6-14-17(11-13)31-20(22-14)24-19(30)23-18(27)12-4-7-15(16(10-12)26(28)29)25-8-2-1-3-9-25/h4-7,10-11H,1-3,8-9H2,(H2,22,23,24,27,30). The van der Waals surface area contributed by atoms with Gasteiger partial charge in [0.05, 0.1) is 15.1 Å². The number of rotatable bonds is 4. The minimum absolute atomic E-state index is 0.0536. The molecule has 8 nitrogen and oxygen atoms in total. The zero-order valence-electron chi connectivity index (χ0n) is 16.3. The molecule has 0 unspecified atom stereocenters. The molecule has 11 heteroatoms. The highest BCUT2D eigenvalue weighted by molar-refractivity contribution is 7.80. The largest absolute Gasteiger partial charge is 0.366 e. The van der Waals surface area contributed by atoms with E-state index in [9.17, 15) is 14.9 Å². The van der Waals surface area contributed by atoms with Crippen LogP contribution < -0.4 is 15.5 Å². The van der Waals surface area contributed by atoms with Crippen LogP contribution in [0.5, 0.6) is 0 Å². The maximum Gasteiger partial charge on any atom is 0.293 e. The van der Waals surface area contributed by atoms with Crippen LogP contribution in [0.3, 0.4) is 0 Å². The maximum atomic E-state index is 12.6. The predicted molar refractivity (Wildman–Crippen MR) is 127 cm³/mol. The molecule has 160 valence electrons. The van der Waals surface area contributed by atoms with Gasteiger partial charge in [0.2, 0.25) is 0 Å². The number of nitrogens with one attached hydrogen (secondary N) is 2. The second kappa shape index (κ2) is 9.13. The summed E-state index contributed by atoms with van der Waals surface area (Å²) in [6, 6.07) is 9.84. The summed E-state index contributed by atoms with van der Waals surface area (Å²) in [7, 11) is 0. The lowest BCUT2D eigenvalue weighted by atomic mass is 10.1. The molecule has 2 N–H and O–H groups in total. The summed E-state index contributed by atoms with van der Waals surface area (Å²) in [5.74, 6) is -0.532. The second-order valence-electron chi connectivity index (χ2n) is 7.05. The Kier molecular flexibility index (Phi) is 6.30. The van der Waals surface area contributed by atoms with E-state index in [1.807, 2.05) is 4.90 Å². The minimum Gasteiger partial charge on any atom is -0.366 e. The Morgan fingerprint density at radius 3 is 2.71 bits per heavy atom. The van der Waals surface area contributed by atoms with Gasteiger partial charge in [-0.15, -0.1) is 0 Å². The first-order valence-corrected chi connectivity index (χ1v) is 11.2. The summed E-state index contributed by atoms with van der Waals surface area (Å²) in [4.78, 5) is 30.1. The molecular formula is C20H18ClN5O3S2. The van der Waals surface area contributed by atoms with Crippen molar-refractivity contribution < 1.29 is 9.72 Å². The monoisotopic (exact) mass is 475 g/mol. The topological polar surface area (TPSA) is 100 Å². The first-order valence-electron chi connectivity index (χ1n) is 9.62. The van der Waals surface area contributed by atoms with E-state index in [1.165, 1.54) is 17.4 Å². The van der Waals surface area contributed by atoms with Crippen molar-refractivity contribution in [2.24, 2.45) is 0 Å². The summed E-state index contributed by atoms with van der Waals surface area (Å²) >= 11 is 12.5. The molecule has 1 aliphatic heterocycles. The van der Waals surface area contributed by atoms with Crippen molar-refractivity contribution in [2.75, 3.05) is 23.3 Å². The van der Waals surface area contributed by atoms with Crippen molar-refractivity contribution >= 4 is 72.9 Å². The first kappa shape index (κ1) is 21.4. The number of hydrogen-bond acceptors (Lipinski definition) is 7. The van der Waals surface area contributed by atoms with Crippen LogP contribution >= 0.6 is 35.2 Å². The summed E-state index contributed by atoms with van der Waals surface area (Å²) in [5, 5.41) is 18.2. The molecule has 1 aliphatic rings. The van der Waals surface area contributed by atoms with Crippen LogP contribution in [0, 0.1) is 10.1 Å². The van der Waals surface area contributed by atoms with Crippen molar-refractivity contribution in [3.63, 3.8) is 0 Å². The molecule has 1 saturated heterocycles. The number of aromatic nitrogens is 1. The van der Waals surface area contributed by atoms with Crippen molar-refractivity contribution in [1.82, 2.24) is 10.3 Å². The zero-order chi connectivity index (χ0) is 22.0. The van der Waals surface area contributed by atoms with E-state index in [0.29, 0.717) is 15.8 Å². The number of halogens is 1.